The van der Waals surface area contributed by atoms with Crippen LogP contribution in [-0.2, 0) is 4.79 Å². The number of amides is 1. The van der Waals surface area contributed by atoms with E-state index in [0.717, 1.165) is 41.9 Å². The van der Waals surface area contributed by atoms with Crippen LogP contribution in [0.2, 0.25) is 0 Å². The highest BCUT2D eigenvalue weighted by Gasteiger charge is 2.25. The summed E-state index contributed by atoms with van der Waals surface area (Å²) in [6.07, 6.45) is 2.70. The fraction of sp³-hybridized carbons (Fsp3) is 0.438. The lowest BCUT2D eigenvalue weighted by Gasteiger charge is -2.04. The Kier molecular flexibility index (Phi) is 3.63. The van der Waals surface area contributed by atoms with Gasteiger partial charge in [0.25, 0.3) is 0 Å². The van der Waals surface area contributed by atoms with Gasteiger partial charge in [-0.3, -0.25) is 4.79 Å². The summed E-state index contributed by atoms with van der Waals surface area (Å²) < 4.78 is 11.5. The normalized spacial score (nSPS) is 18.4. The third-order valence-corrected chi connectivity index (χ3v) is 3.65. The standard InChI is InChI=1S/C16H19NO3/c1-2-3-6-19-13-4-5-14-11(7-13)8-15(20-14)12-9-16(18)17-10-12/h4-5,7-8,12H,2-3,6,9-10H2,1H3,(H,17,18). The van der Waals surface area contributed by atoms with Gasteiger partial charge in [-0.1, -0.05) is 13.3 Å². The van der Waals surface area contributed by atoms with Crippen LogP contribution in [0.25, 0.3) is 11.0 Å². The number of carbonyl (C=O) groups is 1. The second kappa shape index (κ2) is 5.57. The van der Waals surface area contributed by atoms with Gasteiger partial charge in [-0.2, -0.15) is 0 Å². The number of carbonyl (C=O) groups excluding carboxylic acids is 1. The molecule has 1 aliphatic rings. The van der Waals surface area contributed by atoms with Gasteiger partial charge in [0.1, 0.15) is 17.1 Å². The molecule has 1 aromatic carbocycles. The van der Waals surface area contributed by atoms with E-state index in [-0.39, 0.29) is 11.8 Å². The molecule has 1 amide bonds. The lowest BCUT2D eigenvalue weighted by molar-refractivity contribution is -0.119. The number of hydrogen-bond donors (Lipinski definition) is 1. The van der Waals surface area contributed by atoms with Crippen molar-refractivity contribution in [2.24, 2.45) is 0 Å². The number of rotatable bonds is 5. The topological polar surface area (TPSA) is 51.5 Å². The minimum Gasteiger partial charge on any atom is -0.494 e. The maximum atomic E-state index is 11.3. The number of ether oxygens (including phenoxy) is 1. The van der Waals surface area contributed by atoms with Crippen molar-refractivity contribution in [1.82, 2.24) is 5.32 Å². The van der Waals surface area contributed by atoms with Crippen molar-refractivity contribution in [1.29, 1.82) is 0 Å². The van der Waals surface area contributed by atoms with Crippen LogP contribution >= 0.6 is 0 Å². The molecule has 1 atom stereocenters. The molecule has 4 nitrogen and oxygen atoms in total. The molecule has 0 saturated carbocycles. The zero-order valence-electron chi connectivity index (χ0n) is 11.6. The molecule has 0 bridgehead atoms. The van der Waals surface area contributed by atoms with E-state index in [0.29, 0.717) is 13.0 Å². The van der Waals surface area contributed by atoms with Crippen LogP contribution < -0.4 is 10.1 Å². The second-order valence-corrected chi connectivity index (χ2v) is 5.26. The third kappa shape index (κ3) is 2.64. The van der Waals surface area contributed by atoms with Crippen LogP contribution in [0.3, 0.4) is 0 Å². The molecule has 3 rings (SSSR count). The molecule has 4 heteroatoms. The van der Waals surface area contributed by atoms with Crippen LogP contribution in [0, 0.1) is 0 Å². The van der Waals surface area contributed by atoms with E-state index in [2.05, 4.69) is 12.2 Å². The summed E-state index contributed by atoms with van der Waals surface area (Å²) in [6.45, 7) is 3.55. The minimum atomic E-state index is 0.0963. The molecule has 1 fully saturated rings. The van der Waals surface area contributed by atoms with Gasteiger partial charge >= 0.3 is 0 Å². The Bertz CT molecular complexity index is 617. The molecule has 1 aliphatic heterocycles. The molecular formula is C16H19NO3. The zero-order chi connectivity index (χ0) is 13.9. The Morgan fingerprint density at radius 3 is 3.05 bits per heavy atom. The third-order valence-electron chi connectivity index (χ3n) is 3.65. The monoisotopic (exact) mass is 273 g/mol. The van der Waals surface area contributed by atoms with Crippen molar-refractivity contribution in [3.63, 3.8) is 0 Å². The Balaban J connectivity index is 1.78. The summed E-state index contributed by atoms with van der Waals surface area (Å²) in [5, 5.41) is 3.87. The van der Waals surface area contributed by atoms with Gasteiger partial charge in [-0.25, -0.2) is 0 Å². The quantitative estimate of drug-likeness (QED) is 0.851. The molecule has 2 aromatic rings. The summed E-state index contributed by atoms with van der Waals surface area (Å²) in [5.74, 6) is 2.00. The fourth-order valence-corrected chi connectivity index (χ4v) is 2.47. The van der Waals surface area contributed by atoms with Gasteiger partial charge in [-0.05, 0) is 30.7 Å². The zero-order valence-corrected chi connectivity index (χ0v) is 11.6. The first-order valence-electron chi connectivity index (χ1n) is 7.19. The fourth-order valence-electron chi connectivity index (χ4n) is 2.47. The van der Waals surface area contributed by atoms with Crippen molar-refractivity contribution in [3.05, 3.63) is 30.0 Å². The first-order chi connectivity index (χ1) is 9.76. The Labute approximate surface area is 118 Å². The van der Waals surface area contributed by atoms with E-state index in [9.17, 15) is 4.79 Å². The highest BCUT2D eigenvalue weighted by Crippen LogP contribution is 2.31. The van der Waals surface area contributed by atoms with E-state index in [1.165, 1.54) is 0 Å². The van der Waals surface area contributed by atoms with Crippen molar-refractivity contribution >= 4 is 16.9 Å². The van der Waals surface area contributed by atoms with E-state index in [4.69, 9.17) is 9.15 Å². The van der Waals surface area contributed by atoms with Crippen LogP contribution in [0.1, 0.15) is 37.9 Å². The highest BCUT2D eigenvalue weighted by molar-refractivity contribution is 5.82. The maximum absolute atomic E-state index is 11.3. The first-order valence-corrected chi connectivity index (χ1v) is 7.19. The molecule has 0 radical (unpaired) electrons. The molecule has 106 valence electrons. The first kappa shape index (κ1) is 13.0. The SMILES string of the molecule is CCCCOc1ccc2oc(C3CNC(=O)C3)cc2c1. The number of fused-ring (bicyclic) bond motifs is 1. The minimum absolute atomic E-state index is 0.0963. The maximum Gasteiger partial charge on any atom is 0.220 e. The lowest BCUT2D eigenvalue weighted by Crippen LogP contribution is -2.13. The lowest BCUT2D eigenvalue weighted by atomic mass is 10.1. The summed E-state index contributed by atoms with van der Waals surface area (Å²) >= 11 is 0. The van der Waals surface area contributed by atoms with Crippen molar-refractivity contribution < 1.29 is 13.9 Å². The van der Waals surface area contributed by atoms with Gasteiger partial charge in [-0.15, -0.1) is 0 Å². The predicted octanol–water partition coefficient (Wildman–Crippen LogP) is 3.22. The van der Waals surface area contributed by atoms with E-state index in [1.807, 2.05) is 24.3 Å². The summed E-state index contributed by atoms with van der Waals surface area (Å²) in [4.78, 5) is 11.3. The Hall–Kier alpha value is -1.97. The highest BCUT2D eigenvalue weighted by atomic mass is 16.5. The molecule has 0 spiro atoms. The van der Waals surface area contributed by atoms with Gasteiger partial charge in [0.2, 0.25) is 5.91 Å². The van der Waals surface area contributed by atoms with Crippen molar-refractivity contribution in [2.75, 3.05) is 13.2 Å². The summed E-state index contributed by atoms with van der Waals surface area (Å²) in [7, 11) is 0. The van der Waals surface area contributed by atoms with Crippen LogP contribution in [0.5, 0.6) is 5.75 Å². The number of nitrogens with one attached hydrogen (secondary N) is 1. The predicted molar refractivity (Wildman–Crippen MR) is 77.0 cm³/mol. The Morgan fingerprint density at radius 1 is 1.40 bits per heavy atom. The summed E-state index contributed by atoms with van der Waals surface area (Å²) in [5.41, 5.74) is 0.849. The molecule has 0 aliphatic carbocycles. The molecular weight excluding hydrogens is 254 g/mol. The van der Waals surface area contributed by atoms with Crippen LogP contribution in [-0.4, -0.2) is 19.1 Å². The van der Waals surface area contributed by atoms with E-state index < -0.39 is 0 Å². The molecule has 1 unspecified atom stereocenters. The van der Waals surface area contributed by atoms with Crippen LogP contribution in [0.4, 0.5) is 0 Å². The molecule has 1 saturated heterocycles. The van der Waals surface area contributed by atoms with Gasteiger partial charge in [0.15, 0.2) is 0 Å². The van der Waals surface area contributed by atoms with Crippen molar-refractivity contribution in [3.8, 4) is 5.75 Å². The number of furan rings is 1. The van der Waals surface area contributed by atoms with Crippen LogP contribution in [0.15, 0.2) is 28.7 Å². The average Bonchev–Trinajstić information content (AvgIpc) is 3.04. The molecule has 1 N–H and O–H groups in total. The Morgan fingerprint density at radius 2 is 2.30 bits per heavy atom. The van der Waals surface area contributed by atoms with Crippen molar-refractivity contribution in [2.45, 2.75) is 32.1 Å². The molecule has 20 heavy (non-hydrogen) atoms. The number of benzene rings is 1. The average molecular weight is 273 g/mol. The van der Waals surface area contributed by atoms with Gasteiger partial charge in [0.05, 0.1) is 6.61 Å². The smallest absolute Gasteiger partial charge is 0.220 e. The number of hydrogen-bond acceptors (Lipinski definition) is 3. The molecule has 1 aromatic heterocycles. The van der Waals surface area contributed by atoms with E-state index in [1.54, 1.807) is 0 Å². The largest absolute Gasteiger partial charge is 0.494 e. The molecule has 2 heterocycles. The van der Waals surface area contributed by atoms with E-state index >= 15 is 0 Å². The number of unbranched alkanes of at least 4 members (excludes halogenated alkanes) is 1. The second-order valence-electron chi connectivity index (χ2n) is 5.26. The summed E-state index contributed by atoms with van der Waals surface area (Å²) in [6, 6.07) is 7.89. The van der Waals surface area contributed by atoms with Gasteiger partial charge < -0.3 is 14.5 Å². The van der Waals surface area contributed by atoms with Gasteiger partial charge in [0, 0.05) is 24.3 Å².